The van der Waals surface area contributed by atoms with Gasteiger partial charge in [-0.05, 0) is 30.7 Å². The van der Waals surface area contributed by atoms with Gasteiger partial charge in [-0.1, -0.05) is 57.4 Å². The van der Waals surface area contributed by atoms with Gasteiger partial charge in [-0.25, -0.2) is 0 Å². The van der Waals surface area contributed by atoms with Crippen LogP contribution in [0.15, 0.2) is 46.9 Å². The highest BCUT2D eigenvalue weighted by atomic mass is 79.9. The van der Waals surface area contributed by atoms with E-state index in [1.54, 1.807) is 23.1 Å². The molecule has 1 fully saturated rings. The minimum atomic E-state index is -0.572. The monoisotopic (exact) mass is 478 g/mol. The van der Waals surface area contributed by atoms with E-state index in [1.165, 1.54) is 0 Å². The molecule has 1 unspecified atom stereocenters. The number of hydrogen-bond donors (Lipinski definition) is 1. The van der Waals surface area contributed by atoms with Gasteiger partial charge in [0, 0.05) is 24.0 Å². The number of ether oxygens (including phenoxy) is 1. The SMILES string of the molecule is Cc1ccc(CN2CC(C(=O)OCC(=O)Nc3ccc(Br)cc3Cl)CC2=O)cc1. The second-order valence-electron chi connectivity index (χ2n) is 6.94. The summed E-state index contributed by atoms with van der Waals surface area (Å²) in [6.45, 7) is 2.29. The molecule has 0 aromatic heterocycles. The molecule has 1 aliphatic rings. The van der Waals surface area contributed by atoms with Crippen molar-refractivity contribution in [3.05, 3.63) is 63.1 Å². The maximum Gasteiger partial charge on any atom is 0.311 e. The van der Waals surface area contributed by atoms with E-state index in [2.05, 4.69) is 21.2 Å². The highest BCUT2D eigenvalue weighted by Gasteiger charge is 2.35. The van der Waals surface area contributed by atoms with Crippen molar-refractivity contribution >= 4 is 51.0 Å². The lowest BCUT2D eigenvalue weighted by molar-refractivity contribution is -0.151. The molecule has 1 atom stereocenters. The molecule has 8 heteroatoms. The van der Waals surface area contributed by atoms with Crippen LogP contribution < -0.4 is 5.32 Å². The van der Waals surface area contributed by atoms with Crippen molar-refractivity contribution < 1.29 is 19.1 Å². The molecule has 152 valence electrons. The Kier molecular flexibility index (Phi) is 6.92. The van der Waals surface area contributed by atoms with Crippen LogP contribution >= 0.6 is 27.5 Å². The standard InChI is InChI=1S/C21H20BrClN2O4/c1-13-2-4-14(5-3-13)10-25-11-15(8-20(25)27)21(28)29-12-19(26)24-18-7-6-16(22)9-17(18)23/h2-7,9,15H,8,10-12H2,1H3,(H,24,26). The Morgan fingerprint density at radius 3 is 2.66 bits per heavy atom. The molecular weight excluding hydrogens is 460 g/mol. The van der Waals surface area contributed by atoms with E-state index in [9.17, 15) is 14.4 Å². The zero-order valence-corrected chi connectivity index (χ0v) is 18.1. The van der Waals surface area contributed by atoms with E-state index >= 15 is 0 Å². The fraction of sp³-hybridized carbons (Fsp3) is 0.286. The van der Waals surface area contributed by atoms with Gasteiger partial charge >= 0.3 is 5.97 Å². The Morgan fingerprint density at radius 1 is 1.24 bits per heavy atom. The number of halogens is 2. The number of nitrogens with one attached hydrogen (secondary N) is 1. The molecule has 2 aromatic carbocycles. The maximum absolute atomic E-state index is 12.3. The van der Waals surface area contributed by atoms with E-state index in [1.807, 2.05) is 31.2 Å². The number of carbonyl (C=O) groups excluding carboxylic acids is 3. The smallest absolute Gasteiger partial charge is 0.311 e. The molecule has 1 heterocycles. The zero-order chi connectivity index (χ0) is 21.0. The first-order valence-corrected chi connectivity index (χ1v) is 10.2. The molecule has 0 saturated carbocycles. The number of nitrogens with zero attached hydrogens (tertiary/aromatic N) is 1. The van der Waals surface area contributed by atoms with E-state index in [0.717, 1.165) is 15.6 Å². The summed E-state index contributed by atoms with van der Waals surface area (Å²) >= 11 is 9.34. The zero-order valence-electron chi connectivity index (χ0n) is 15.8. The molecule has 2 aromatic rings. The molecule has 1 N–H and O–H groups in total. The van der Waals surface area contributed by atoms with Crippen LogP contribution in [0, 0.1) is 12.8 Å². The number of carbonyl (C=O) groups is 3. The largest absolute Gasteiger partial charge is 0.455 e. The minimum absolute atomic E-state index is 0.0881. The first kappa shape index (κ1) is 21.3. The topological polar surface area (TPSA) is 75.7 Å². The van der Waals surface area contributed by atoms with Crippen LogP contribution in [-0.4, -0.2) is 35.8 Å². The van der Waals surface area contributed by atoms with Crippen LogP contribution in [0.3, 0.4) is 0 Å². The van der Waals surface area contributed by atoms with Crippen molar-refractivity contribution in [1.29, 1.82) is 0 Å². The van der Waals surface area contributed by atoms with Crippen LogP contribution in [0.5, 0.6) is 0 Å². The molecule has 29 heavy (non-hydrogen) atoms. The van der Waals surface area contributed by atoms with Gasteiger partial charge in [0.25, 0.3) is 5.91 Å². The summed E-state index contributed by atoms with van der Waals surface area (Å²) in [7, 11) is 0. The van der Waals surface area contributed by atoms with Crippen molar-refractivity contribution in [3.8, 4) is 0 Å². The second-order valence-corrected chi connectivity index (χ2v) is 8.26. The average molecular weight is 480 g/mol. The number of amides is 2. The summed E-state index contributed by atoms with van der Waals surface area (Å²) in [5.74, 6) is -1.72. The molecule has 0 bridgehead atoms. The summed E-state index contributed by atoms with van der Waals surface area (Å²) < 4.78 is 5.89. The summed E-state index contributed by atoms with van der Waals surface area (Å²) in [4.78, 5) is 38.2. The van der Waals surface area contributed by atoms with Crippen molar-refractivity contribution in [2.24, 2.45) is 5.92 Å². The lowest BCUT2D eigenvalue weighted by atomic mass is 10.1. The Balaban J connectivity index is 1.48. The third-order valence-electron chi connectivity index (χ3n) is 4.59. The van der Waals surface area contributed by atoms with Crippen molar-refractivity contribution in [3.63, 3.8) is 0 Å². The van der Waals surface area contributed by atoms with Crippen molar-refractivity contribution in [2.75, 3.05) is 18.5 Å². The second kappa shape index (κ2) is 9.41. The predicted octanol–water partition coefficient (Wildman–Crippen LogP) is 3.94. The van der Waals surface area contributed by atoms with Crippen LogP contribution in [0.1, 0.15) is 17.5 Å². The van der Waals surface area contributed by atoms with Crippen molar-refractivity contribution in [1.82, 2.24) is 4.90 Å². The molecule has 6 nitrogen and oxygen atoms in total. The third kappa shape index (κ3) is 5.81. The number of hydrogen-bond acceptors (Lipinski definition) is 4. The lowest BCUT2D eigenvalue weighted by Crippen LogP contribution is -2.28. The molecular formula is C21H20BrClN2O4. The summed E-state index contributed by atoms with van der Waals surface area (Å²) in [6.07, 6.45) is 0.0881. The predicted molar refractivity (Wildman–Crippen MR) is 113 cm³/mol. The molecule has 3 rings (SSSR count). The lowest BCUT2D eigenvalue weighted by Gasteiger charge is -2.16. The Labute approximate surface area is 182 Å². The minimum Gasteiger partial charge on any atom is -0.455 e. The Morgan fingerprint density at radius 2 is 1.97 bits per heavy atom. The summed E-state index contributed by atoms with van der Waals surface area (Å²) in [6, 6.07) is 12.9. The van der Waals surface area contributed by atoms with Gasteiger partial charge in [0.1, 0.15) is 0 Å². The van der Waals surface area contributed by atoms with E-state index in [0.29, 0.717) is 17.3 Å². The number of esters is 1. The molecule has 0 aliphatic carbocycles. The fourth-order valence-electron chi connectivity index (χ4n) is 3.03. The van der Waals surface area contributed by atoms with Crippen molar-refractivity contribution in [2.45, 2.75) is 19.9 Å². The van der Waals surface area contributed by atoms with E-state index in [4.69, 9.17) is 16.3 Å². The maximum atomic E-state index is 12.3. The number of likely N-dealkylation sites (tertiary alicyclic amines) is 1. The molecule has 1 aliphatic heterocycles. The van der Waals surface area contributed by atoms with Gasteiger partial charge in [-0.2, -0.15) is 0 Å². The first-order valence-electron chi connectivity index (χ1n) is 9.06. The quantitative estimate of drug-likeness (QED) is 0.637. The molecule has 1 saturated heterocycles. The molecule has 0 spiro atoms. The van der Waals surface area contributed by atoms with Gasteiger partial charge in [0.2, 0.25) is 5.91 Å². The third-order valence-corrected chi connectivity index (χ3v) is 5.40. The number of rotatable bonds is 6. The highest BCUT2D eigenvalue weighted by Crippen LogP contribution is 2.26. The van der Waals surface area contributed by atoms with Gasteiger partial charge in [0.15, 0.2) is 6.61 Å². The number of anilines is 1. The fourth-order valence-corrected chi connectivity index (χ4v) is 3.75. The number of aryl methyl sites for hydroxylation is 1. The number of benzene rings is 2. The average Bonchev–Trinajstić information content (AvgIpc) is 3.04. The van der Waals surface area contributed by atoms with E-state index in [-0.39, 0.29) is 18.9 Å². The van der Waals surface area contributed by atoms with Gasteiger partial charge in [-0.3, -0.25) is 14.4 Å². The van der Waals surface area contributed by atoms with Gasteiger partial charge in [0.05, 0.1) is 16.6 Å². The first-order chi connectivity index (χ1) is 13.8. The Bertz CT molecular complexity index is 933. The van der Waals surface area contributed by atoms with Crippen LogP contribution in [0.2, 0.25) is 5.02 Å². The molecule has 0 radical (unpaired) electrons. The summed E-state index contributed by atoms with van der Waals surface area (Å²) in [5.41, 5.74) is 2.57. The van der Waals surface area contributed by atoms with Crippen LogP contribution in [0.4, 0.5) is 5.69 Å². The highest BCUT2D eigenvalue weighted by molar-refractivity contribution is 9.10. The van der Waals surface area contributed by atoms with Crippen LogP contribution in [-0.2, 0) is 25.7 Å². The normalized spacial score (nSPS) is 16.0. The van der Waals surface area contributed by atoms with Crippen LogP contribution in [0.25, 0.3) is 0 Å². The van der Waals surface area contributed by atoms with E-state index < -0.39 is 24.4 Å². The summed E-state index contributed by atoms with van der Waals surface area (Å²) in [5, 5.41) is 2.96. The van der Waals surface area contributed by atoms with Gasteiger partial charge < -0.3 is 15.0 Å². The van der Waals surface area contributed by atoms with Gasteiger partial charge in [-0.15, -0.1) is 0 Å². The Hall–Kier alpha value is -2.38. The molecule has 2 amide bonds.